The highest BCUT2D eigenvalue weighted by molar-refractivity contribution is 7.89. The van der Waals surface area contributed by atoms with Gasteiger partial charge in [-0.15, -0.1) is 0 Å². The third kappa shape index (κ3) is 3.30. The van der Waals surface area contributed by atoms with Crippen LogP contribution < -0.4 is 4.72 Å². The third-order valence-corrected chi connectivity index (χ3v) is 4.67. The van der Waals surface area contributed by atoms with Crippen molar-refractivity contribution in [2.24, 2.45) is 14.1 Å². The van der Waals surface area contributed by atoms with E-state index in [0.717, 1.165) is 11.1 Å². The molecule has 0 radical (unpaired) electrons. The van der Waals surface area contributed by atoms with Crippen molar-refractivity contribution in [3.8, 4) is 11.3 Å². The SMILES string of the molecule is Cn1cc(-c2ncccc2CNS(=O)(=O)c2cnn(C)c2)cn1. The third-order valence-electron chi connectivity index (χ3n) is 3.31. The van der Waals surface area contributed by atoms with Crippen molar-refractivity contribution >= 4 is 10.0 Å². The van der Waals surface area contributed by atoms with Gasteiger partial charge < -0.3 is 0 Å². The topological polar surface area (TPSA) is 94.7 Å². The lowest BCUT2D eigenvalue weighted by atomic mass is 10.1. The molecule has 0 aliphatic carbocycles. The molecule has 0 fully saturated rings. The number of nitrogens with zero attached hydrogens (tertiary/aromatic N) is 5. The Balaban J connectivity index is 1.84. The van der Waals surface area contributed by atoms with E-state index in [1.165, 1.54) is 17.1 Å². The van der Waals surface area contributed by atoms with Gasteiger partial charge in [-0.3, -0.25) is 14.3 Å². The van der Waals surface area contributed by atoms with E-state index in [0.29, 0.717) is 5.69 Å². The Kier molecular flexibility index (Phi) is 3.97. The van der Waals surface area contributed by atoms with Crippen LogP contribution in [-0.2, 0) is 30.7 Å². The van der Waals surface area contributed by atoms with E-state index >= 15 is 0 Å². The van der Waals surface area contributed by atoms with E-state index in [4.69, 9.17) is 0 Å². The summed E-state index contributed by atoms with van der Waals surface area (Å²) in [5.41, 5.74) is 2.31. The summed E-state index contributed by atoms with van der Waals surface area (Å²) in [7, 11) is -0.129. The van der Waals surface area contributed by atoms with Crippen molar-refractivity contribution in [3.63, 3.8) is 0 Å². The average Bonchev–Trinajstić information content (AvgIpc) is 3.15. The summed E-state index contributed by atoms with van der Waals surface area (Å²) in [5, 5.41) is 8.00. The number of sulfonamides is 1. The first-order chi connectivity index (χ1) is 11.0. The van der Waals surface area contributed by atoms with Crippen molar-refractivity contribution in [2.45, 2.75) is 11.4 Å². The molecule has 0 amide bonds. The fourth-order valence-electron chi connectivity index (χ4n) is 2.18. The van der Waals surface area contributed by atoms with Gasteiger partial charge in [0.15, 0.2) is 0 Å². The molecular weight excluding hydrogens is 316 g/mol. The van der Waals surface area contributed by atoms with Gasteiger partial charge in [0.05, 0.1) is 18.1 Å². The number of pyridine rings is 1. The Hall–Kier alpha value is -2.52. The molecule has 3 aromatic heterocycles. The largest absolute Gasteiger partial charge is 0.275 e. The highest BCUT2D eigenvalue weighted by atomic mass is 32.2. The van der Waals surface area contributed by atoms with Gasteiger partial charge in [-0.1, -0.05) is 6.07 Å². The van der Waals surface area contributed by atoms with E-state index in [1.807, 2.05) is 19.3 Å². The Labute approximate surface area is 133 Å². The van der Waals surface area contributed by atoms with Crippen LogP contribution in [0.5, 0.6) is 0 Å². The summed E-state index contributed by atoms with van der Waals surface area (Å²) in [6, 6.07) is 3.61. The molecule has 9 heteroatoms. The minimum Gasteiger partial charge on any atom is -0.275 e. The van der Waals surface area contributed by atoms with E-state index in [-0.39, 0.29) is 11.4 Å². The molecule has 23 heavy (non-hydrogen) atoms. The monoisotopic (exact) mass is 332 g/mol. The molecule has 0 saturated heterocycles. The van der Waals surface area contributed by atoms with Gasteiger partial charge in [0, 0.05) is 44.8 Å². The fourth-order valence-corrected chi connectivity index (χ4v) is 3.17. The maximum atomic E-state index is 12.3. The zero-order valence-corrected chi connectivity index (χ0v) is 13.5. The molecule has 0 atom stereocenters. The number of nitrogens with one attached hydrogen (secondary N) is 1. The highest BCUT2D eigenvalue weighted by Gasteiger charge is 2.17. The fraction of sp³-hybridized carbons (Fsp3) is 0.214. The Morgan fingerprint density at radius 1 is 1.13 bits per heavy atom. The zero-order chi connectivity index (χ0) is 16.4. The van der Waals surface area contributed by atoms with E-state index in [9.17, 15) is 8.42 Å². The number of aryl methyl sites for hydroxylation is 2. The van der Waals surface area contributed by atoms with Crippen LogP contribution in [0.15, 0.2) is 48.0 Å². The van der Waals surface area contributed by atoms with Crippen molar-refractivity contribution in [1.29, 1.82) is 0 Å². The molecule has 120 valence electrons. The van der Waals surface area contributed by atoms with Crippen LogP contribution in [0.25, 0.3) is 11.3 Å². The zero-order valence-electron chi connectivity index (χ0n) is 12.7. The summed E-state index contributed by atoms with van der Waals surface area (Å²) >= 11 is 0. The van der Waals surface area contributed by atoms with Gasteiger partial charge in [-0.2, -0.15) is 10.2 Å². The maximum absolute atomic E-state index is 12.3. The number of rotatable bonds is 5. The van der Waals surface area contributed by atoms with Gasteiger partial charge >= 0.3 is 0 Å². The Morgan fingerprint density at radius 2 is 1.87 bits per heavy atom. The molecule has 0 saturated carbocycles. The van der Waals surface area contributed by atoms with Gasteiger partial charge in [-0.05, 0) is 11.6 Å². The summed E-state index contributed by atoms with van der Waals surface area (Å²) in [5.74, 6) is 0. The first-order valence-electron chi connectivity index (χ1n) is 6.87. The Morgan fingerprint density at radius 3 is 2.52 bits per heavy atom. The van der Waals surface area contributed by atoms with Crippen LogP contribution in [0.1, 0.15) is 5.56 Å². The van der Waals surface area contributed by atoms with Crippen LogP contribution in [0.4, 0.5) is 0 Å². The lowest BCUT2D eigenvalue weighted by Crippen LogP contribution is -2.23. The van der Waals surface area contributed by atoms with Crippen molar-refractivity contribution in [3.05, 3.63) is 48.7 Å². The molecule has 0 spiro atoms. The quantitative estimate of drug-likeness (QED) is 0.742. The Bertz CT molecular complexity index is 928. The van der Waals surface area contributed by atoms with Gasteiger partial charge in [0.1, 0.15) is 4.90 Å². The normalized spacial score (nSPS) is 11.7. The maximum Gasteiger partial charge on any atom is 0.243 e. The standard InChI is InChI=1S/C14H16N6O2S/c1-19-9-12(6-16-19)14-11(4-3-5-15-14)7-18-23(21,22)13-8-17-20(2)10-13/h3-6,8-10,18H,7H2,1-2H3. The first-order valence-corrected chi connectivity index (χ1v) is 8.35. The molecule has 3 heterocycles. The minimum absolute atomic E-state index is 0.131. The molecule has 8 nitrogen and oxygen atoms in total. The molecule has 0 aromatic carbocycles. The van der Waals surface area contributed by atoms with Crippen LogP contribution in [0.2, 0.25) is 0 Å². The number of hydrogen-bond donors (Lipinski definition) is 1. The van der Waals surface area contributed by atoms with E-state index in [1.54, 1.807) is 30.2 Å². The lowest BCUT2D eigenvalue weighted by Gasteiger charge is -2.08. The second-order valence-electron chi connectivity index (χ2n) is 5.09. The average molecular weight is 332 g/mol. The molecule has 0 bridgehead atoms. The molecule has 3 rings (SSSR count). The van der Waals surface area contributed by atoms with Crippen LogP contribution in [0, 0.1) is 0 Å². The van der Waals surface area contributed by atoms with Crippen molar-refractivity contribution in [1.82, 2.24) is 29.3 Å². The van der Waals surface area contributed by atoms with E-state index < -0.39 is 10.0 Å². The molecule has 0 aliphatic heterocycles. The second-order valence-corrected chi connectivity index (χ2v) is 6.86. The van der Waals surface area contributed by atoms with Gasteiger partial charge in [0.25, 0.3) is 0 Å². The second kappa shape index (κ2) is 5.94. The molecule has 0 aliphatic rings. The minimum atomic E-state index is -3.61. The number of hydrogen-bond acceptors (Lipinski definition) is 5. The highest BCUT2D eigenvalue weighted by Crippen LogP contribution is 2.20. The summed E-state index contributed by atoms with van der Waals surface area (Å²) in [6.45, 7) is 0.134. The summed E-state index contributed by atoms with van der Waals surface area (Å²) in [4.78, 5) is 4.47. The van der Waals surface area contributed by atoms with E-state index in [2.05, 4.69) is 19.9 Å². The van der Waals surface area contributed by atoms with Gasteiger partial charge in [-0.25, -0.2) is 13.1 Å². The molecule has 0 unspecified atom stereocenters. The van der Waals surface area contributed by atoms with Crippen molar-refractivity contribution in [2.75, 3.05) is 0 Å². The molecule has 3 aromatic rings. The lowest BCUT2D eigenvalue weighted by molar-refractivity contribution is 0.581. The summed E-state index contributed by atoms with van der Waals surface area (Å²) < 4.78 is 30.2. The van der Waals surface area contributed by atoms with Crippen LogP contribution in [-0.4, -0.2) is 33.0 Å². The van der Waals surface area contributed by atoms with Gasteiger partial charge in [0.2, 0.25) is 10.0 Å². The smallest absolute Gasteiger partial charge is 0.243 e. The molecular formula is C14H16N6O2S. The van der Waals surface area contributed by atoms with Crippen molar-refractivity contribution < 1.29 is 8.42 Å². The predicted molar refractivity (Wildman–Crippen MR) is 83.7 cm³/mol. The predicted octanol–water partition coefficient (Wildman–Crippen LogP) is 0.694. The first kappa shape index (κ1) is 15.4. The van der Waals surface area contributed by atoms with Crippen LogP contribution in [0.3, 0.4) is 0 Å². The molecule has 1 N–H and O–H groups in total. The summed E-state index contributed by atoms with van der Waals surface area (Å²) in [6.07, 6.45) is 7.96. The van der Waals surface area contributed by atoms with Crippen LogP contribution >= 0.6 is 0 Å². The number of aromatic nitrogens is 5.